The summed E-state index contributed by atoms with van der Waals surface area (Å²) in [5.41, 5.74) is 2.01. The Morgan fingerprint density at radius 1 is 1.08 bits per heavy atom. The van der Waals surface area contributed by atoms with Gasteiger partial charge in [0, 0.05) is 18.9 Å². The number of benzene rings is 2. The van der Waals surface area contributed by atoms with Crippen LogP contribution in [0.4, 0.5) is 0 Å². The van der Waals surface area contributed by atoms with Crippen LogP contribution in [0, 0.1) is 0 Å². The summed E-state index contributed by atoms with van der Waals surface area (Å²) in [5, 5.41) is 4.17. The molecule has 1 N–H and O–H groups in total. The maximum atomic E-state index is 12.3. The number of nitrogens with one attached hydrogen (secondary N) is 1. The zero-order valence-corrected chi connectivity index (χ0v) is 14.6. The summed E-state index contributed by atoms with van der Waals surface area (Å²) >= 11 is 0. The number of aromatic nitrogens is 2. The van der Waals surface area contributed by atoms with E-state index in [1.807, 2.05) is 36.5 Å². The molecule has 130 valence electrons. The molecule has 0 spiro atoms. The van der Waals surface area contributed by atoms with E-state index in [9.17, 15) is 8.42 Å². The Morgan fingerprint density at radius 2 is 1.80 bits per heavy atom. The van der Waals surface area contributed by atoms with E-state index in [0.29, 0.717) is 18.7 Å². The van der Waals surface area contributed by atoms with Crippen molar-refractivity contribution in [3.05, 3.63) is 72.6 Å². The SMILES string of the molecule is COc1ccc(S(=O)(=O)NCCc2ccc(-n3cccn3)cc2)cc1. The number of nitrogens with zero attached hydrogens (tertiary/aromatic N) is 2. The topological polar surface area (TPSA) is 73.2 Å². The molecule has 0 aliphatic heterocycles. The molecular weight excluding hydrogens is 338 g/mol. The Bertz CT molecular complexity index is 903. The lowest BCUT2D eigenvalue weighted by Crippen LogP contribution is -2.25. The molecule has 2 aromatic carbocycles. The van der Waals surface area contributed by atoms with Crippen molar-refractivity contribution in [3.63, 3.8) is 0 Å². The third-order valence-corrected chi connectivity index (χ3v) is 5.26. The second kappa shape index (κ2) is 7.50. The highest BCUT2D eigenvalue weighted by atomic mass is 32.2. The van der Waals surface area contributed by atoms with Crippen LogP contribution in [0.2, 0.25) is 0 Å². The fourth-order valence-electron chi connectivity index (χ4n) is 2.40. The molecule has 25 heavy (non-hydrogen) atoms. The Balaban J connectivity index is 1.58. The molecule has 7 heteroatoms. The highest BCUT2D eigenvalue weighted by Crippen LogP contribution is 2.15. The number of rotatable bonds is 7. The smallest absolute Gasteiger partial charge is 0.240 e. The summed E-state index contributed by atoms with van der Waals surface area (Å²) in [6.45, 7) is 0.329. The Kier molecular flexibility index (Phi) is 5.16. The molecule has 3 aromatic rings. The second-order valence-corrected chi connectivity index (χ2v) is 7.21. The standard InChI is InChI=1S/C18H19N3O3S/c1-24-17-7-9-18(10-8-17)25(22,23)20-13-11-15-3-5-16(6-4-15)21-14-2-12-19-21/h2-10,12,14,20H,11,13H2,1H3. The third-order valence-electron chi connectivity index (χ3n) is 3.78. The molecule has 6 nitrogen and oxygen atoms in total. The average Bonchev–Trinajstić information content (AvgIpc) is 3.17. The fourth-order valence-corrected chi connectivity index (χ4v) is 3.44. The molecule has 0 unspecified atom stereocenters. The summed E-state index contributed by atoms with van der Waals surface area (Å²) in [6.07, 6.45) is 4.20. The van der Waals surface area contributed by atoms with E-state index in [2.05, 4.69) is 9.82 Å². The van der Waals surface area contributed by atoms with Gasteiger partial charge in [0.1, 0.15) is 5.75 Å². The molecule has 0 saturated carbocycles. The van der Waals surface area contributed by atoms with E-state index >= 15 is 0 Å². The van der Waals surface area contributed by atoms with Crippen LogP contribution in [-0.4, -0.2) is 31.9 Å². The Hall–Kier alpha value is -2.64. The van der Waals surface area contributed by atoms with E-state index in [1.165, 1.54) is 12.1 Å². The predicted molar refractivity (Wildman–Crippen MR) is 95.5 cm³/mol. The summed E-state index contributed by atoms with van der Waals surface area (Å²) in [4.78, 5) is 0.224. The van der Waals surface area contributed by atoms with E-state index < -0.39 is 10.0 Å². The van der Waals surface area contributed by atoms with Crippen LogP contribution in [0.25, 0.3) is 5.69 Å². The number of ether oxygens (including phenoxy) is 1. The predicted octanol–water partition coefficient (Wildman–Crippen LogP) is 2.40. The minimum atomic E-state index is -3.52. The quantitative estimate of drug-likeness (QED) is 0.705. The van der Waals surface area contributed by atoms with Gasteiger partial charge in [-0.3, -0.25) is 0 Å². The van der Waals surface area contributed by atoms with Gasteiger partial charge in [-0.2, -0.15) is 5.10 Å². The van der Waals surface area contributed by atoms with Crippen molar-refractivity contribution >= 4 is 10.0 Å². The molecule has 0 aliphatic rings. The van der Waals surface area contributed by atoms with Crippen molar-refractivity contribution in [2.45, 2.75) is 11.3 Å². The molecule has 0 amide bonds. The number of methoxy groups -OCH3 is 1. The summed E-state index contributed by atoms with van der Waals surface area (Å²) < 4.78 is 34.0. The molecule has 0 atom stereocenters. The van der Waals surface area contributed by atoms with Gasteiger partial charge in [-0.1, -0.05) is 12.1 Å². The van der Waals surface area contributed by atoms with E-state index in [0.717, 1.165) is 11.3 Å². The van der Waals surface area contributed by atoms with Crippen molar-refractivity contribution in [2.24, 2.45) is 0 Å². The Labute approximate surface area is 147 Å². The first-order chi connectivity index (χ1) is 12.1. The monoisotopic (exact) mass is 357 g/mol. The van der Waals surface area contributed by atoms with Gasteiger partial charge >= 0.3 is 0 Å². The maximum absolute atomic E-state index is 12.3. The van der Waals surface area contributed by atoms with E-state index in [1.54, 1.807) is 30.1 Å². The van der Waals surface area contributed by atoms with Crippen LogP contribution in [0.15, 0.2) is 71.9 Å². The lowest BCUT2D eigenvalue weighted by atomic mass is 10.1. The highest BCUT2D eigenvalue weighted by molar-refractivity contribution is 7.89. The lowest BCUT2D eigenvalue weighted by molar-refractivity contribution is 0.414. The molecule has 0 fully saturated rings. The van der Waals surface area contributed by atoms with Crippen molar-refractivity contribution in [2.75, 3.05) is 13.7 Å². The van der Waals surface area contributed by atoms with Crippen molar-refractivity contribution in [3.8, 4) is 11.4 Å². The van der Waals surface area contributed by atoms with Gasteiger partial charge in [0.25, 0.3) is 0 Å². The molecular formula is C18H19N3O3S. The van der Waals surface area contributed by atoms with Gasteiger partial charge in [0.15, 0.2) is 0 Å². The molecule has 0 bridgehead atoms. The summed E-state index contributed by atoms with van der Waals surface area (Å²) in [5.74, 6) is 0.622. The number of hydrogen-bond acceptors (Lipinski definition) is 4. The van der Waals surface area contributed by atoms with Crippen molar-refractivity contribution < 1.29 is 13.2 Å². The van der Waals surface area contributed by atoms with Gasteiger partial charge in [-0.05, 0) is 54.4 Å². The summed E-state index contributed by atoms with van der Waals surface area (Å²) in [6, 6.07) is 16.0. The second-order valence-electron chi connectivity index (χ2n) is 5.44. The zero-order valence-electron chi connectivity index (χ0n) is 13.8. The normalized spacial score (nSPS) is 11.4. The third kappa shape index (κ3) is 4.26. The largest absolute Gasteiger partial charge is 0.497 e. The average molecular weight is 357 g/mol. The van der Waals surface area contributed by atoms with Gasteiger partial charge < -0.3 is 4.74 Å². The highest BCUT2D eigenvalue weighted by Gasteiger charge is 2.13. The van der Waals surface area contributed by atoms with Gasteiger partial charge in [0.05, 0.1) is 17.7 Å². The first kappa shape index (κ1) is 17.2. The molecule has 0 radical (unpaired) electrons. The van der Waals surface area contributed by atoms with Crippen molar-refractivity contribution in [1.29, 1.82) is 0 Å². The van der Waals surface area contributed by atoms with Crippen LogP contribution in [0.1, 0.15) is 5.56 Å². The molecule has 3 rings (SSSR count). The van der Waals surface area contributed by atoms with Crippen LogP contribution in [0.5, 0.6) is 5.75 Å². The zero-order chi connectivity index (χ0) is 17.7. The number of sulfonamides is 1. The van der Waals surface area contributed by atoms with Crippen molar-refractivity contribution in [1.82, 2.24) is 14.5 Å². The van der Waals surface area contributed by atoms with Gasteiger partial charge in [-0.25, -0.2) is 17.8 Å². The fraction of sp³-hybridized carbons (Fsp3) is 0.167. The molecule has 0 aliphatic carbocycles. The first-order valence-electron chi connectivity index (χ1n) is 7.81. The van der Waals surface area contributed by atoms with E-state index in [-0.39, 0.29) is 4.90 Å². The van der Waals surface area contributed by atoms with Crippen LogP contribution in [-0.2, 0) is 16.4 Å². The molecule has 0 saturated heterocycles. The summed E-state index contributed by atoms with van der Waals surface area (Å²) in [7, 11) is -1.98. The minimum Gasteiger partial charge on any atom is -0.497 e. The minimum absolute atomic E-state index is 0.224. The number of hydrogen-bond donors (Lipinski definition) is 1. The van der Waals surface area contributed by atoms with Gasteiger partial charge in [0.2, 0.25) is 10.0 Å². The van der Waals surface area contributed by atoms with Crippen LogP contribution in [0.3, 0.4) is 0 Å². The van der Waals surface area contributed by atoms with Gasteiger partial charge in [-0.15, -0.1) is 0 Å². The Morgan fingerprint density at radius 3 is 2.40 bits per heavy atom. The lowest BCUT2D eigenvalue weighted by Gasteiger charge is -2.08. The van der Waals surface area contributed by atoms with E-state index in [4.69, 9.17) is 4.74 Å². The molecule has 1 heterocycles. The first-order valence-corrected chi connectivity index (χ1v) is 9.29. The van der Waals surface area contributed by atoms with Crippen LogP contribution >= 0.6 is 0 Å². The van der Waals surface area contributed by atoms with Crippen LogP contribution < -0.4 is 9.46 Å². The molecule has 1 aromatic heterocycles. The maximum Gasteiger partial charge on any atom is 0.240 e.